The van der Waals surface area contributed by atoms with Gasteiger partial charge in [0.2, 0.25) is 5.95 Å². The summed E-state index contributed by atoms with van der Waals surface area (Å²) < 4.78 is 4.53. The molecule has 298 valence electrons. The Morgan fingerprint density at radius 1 is 0.286 bits per heavy atom. The van der Waals surface area contributed by atoms with Crippen molar-refractivity contribution in [2.24, 2.45) is 0 Å². The zero-order valence-corrected chi connectivity index (χ0v) is 35.1. The lowest BCUT2D eigenvalue weighted by atomic mass is 10.1. The normalized spacial score (nSPS) is 12.1. The monoisotopic (exact) mass is 824 g/mol. The SMILES string of the molecule is c1ccc(-c2cccc(S(c3ccccc3)(c3ccccc3)c3cccc(-c4cc(-n5c6ccccc6c6ccccc65)nc(-n5c6ccccc6c6ccccc65)n4)c3)c2)cc1. The lowest BCUT2D eigenvalue weighted by Crippen LogP contribution is -2.08. The molecule has 3 heterocycles. The van der Waals surface area contributed by atoms with E-state index in [-0.39, 0.29) is 0 Å². The van der Waals surface area contributed by atoms with Gasteiger partial charge in [0.05, 0.1) is 27.8 Å². The third-order valence-corrected chi connectivity index (χ3v) is 16.1. The predicted molar refractivity (Wildman–Crippen MR) is 262 cm³/mol. The first kappa shape index (κ1) is 36.8. The van der Waals surface area contributed by atoms with E-state index in [2.05, 4.69) is 252 Å². The number of para-hydroxylation sites is 4. The maximum atomic E-state index is 5.56. The second kappa shape index (κ2) is 15.2. The summed E-state index contributed by atoms with van der Waals surface area (Å²) in [6, 6.07) is 87.7. The Labute approximate surface area is 367 Å². The standard InChI is InChI=1S/C58H40N4S/c1-4-20-41(21-5-1)42-22-18-28-46(38-42)63(44-24-6-2-7-25-44,45-26-8-3-9-27-45)47-29-19-23-43(39-47)52-40-57(61-53-34-14-10-30-48(53)49-31-11-15-35-54(49)61)60-58(59-52)62-55-36-16-12-32-50(55)51-33-13-17-37-56(51)62/h1-40H. The van der Waals surface area contributed by atoms with Crippen LogP contribution in [0.2, 0.25) is 0 Å². The second-order valence-corrected chi connectivity index (χ2v) is 18.9. The van der Waals surface area contributed by atoms with Crippen LogP contribution in [-0.4, -0.2) is 19.1 Å². The smallest absolute Gasteiger partial charge is 0.237 e. The fourth-order valence-electron chi connectivity index (χ4n) is 9.50. The van der Waals surface area contributed by atoms with E-state index in [1.165, 1.54) is 52.3 Å². The maximum Gasteiger partial charge on any atom is 0.237 e. The van der Waals surface area contributed by atoms with Crippen LogP contribution in [-0.2, 0) is 0 Å². The quantitative estimate of drug-likeness (QED) is 0.153. The molecule has 0 N–H and O–H groups in total. The largest absolute Gasteiger partial charge is 0.294 e. The molecule has 0 unspecified atom stereocenters. The first-order chi connectivity index (χ1) is 31.3. The Morgan fingerprint density at radius 3 is 1.17 bits per heavy atom. The Kier molecular flexibility index (Phi) is 8.87. The van der Waals surface area contributed by atoms with Gasteiger partial charge in [-0.1, -0.05) is 164 Å². The highest BCUT2D eigenvalue weighted by Crippen LogP contribution is 2.73. The molecule has 3 aromatic heterocycles. The Balaban J connectivity index is 1.15. The van der Waals surface area contributed by atoms with E-state index in [0.717, 1.165) is 39.1 Å². The topological polar surface area (TPSA) is 35.6 Å². The summed E-state index contributed by atoms with van der Waals surface area (Å²) >= 11 is 0. The van der Waals surface area contributed by atoms with Crippen molar-refractivity contribution in [3.05, 3.63) is 243 Å². The van der Waals surface area contributed by atoms with E-state index >= 15 is 0 Å². The van der Waals surface area contributed by atoms with Crippen molar-refractivity contribution in [3.8, 4) is 34.2 Å². The molecule has 0 aliphatic heterocycles. The van der Waals surface area contributed by atoms with Crippen LogP contribution >= 0.6 is 10.0 Å². The molecule has 0 aliphatic rings. The van der Waals surface area contributed by atoms with Gasteiger partial charge in [-0.15, -0.1) is 10.0 Å². The van der Waals surface area contributed by atoms with Gasteiger partial charge in [-0.05, 0) is 83.9 Å². The predicted octanol–water partition coefficient (Wildman–Crippen LogP) is 15.3. The highest BCUT2D eigenvalue weighted by molar-refractivity contribution is 8.34. The molecule has 0 saturated carbocycles. The van der Waals surface area contributed by atoms with Gasteiger partial charge < -0.3 is 0 Å². The summed E-state index contributed by atoms with van der Waals surface area (Å²) in [5.74, 6) is 1.42. The summed E-state index contributed by atoms with van der Waals surface area (Å²) in [6.45, 7) is 0. The van der Waals surface area contributed by atoms with Crippen LogP contribution in [0.1, 0.15) is 0 Å². The van der Waals surface area contributed by atoms with E-state index in [1.807, 2.05) is 0 Å². The second-order valence-electron chi connectivity index (χ2n) is 15.8. The average molecular weight is 825 g/mol. The zero-order chi connectivity index (χ0) is 41.7. The van der Waals surface area contributed by atoms with Gasteiger partial charge in [0.15, 0.2) is 0 Å². The number of benzene rings is 9. The van der Waals surface area contributed by atoms with Gasteiger partial charge in [0.25, 0.3) is 0 Å². The van der Waals surface area contributed by atoms with E-state index < -0.39 is 10.0 Å². The lowest BCUT2D eigenvalue weighted by molar-refractivity contribution is 0.952. The molecule has 12 rings (SSSR count). The van der Waals surface area contributed by atoms with Crippen molar-refractivity contribution < 1.29 is 0 Å². The minimum absolute atomic E-state index is 0.618. The maximum absolute atomic E-state index is 5.56. The van der Waals surface area contributed by atoms with Crippen LogP contribution in [0.5, 0.6) is 0 Å². The minimum Gasteiger partial charge on any atom is -0.294 e. The third-order valence-electron chi connectivity index (χ3n) is 12.3. The van der Waals surface area contributed by atoms with Crippen molar-refractivity contribution in [1.29, 1.82) is 0 Å². The van der Waals surface area contributed by atoms with Gasteiger partial charge >= 0.3 is 0 Å². The molecule has 63 heavy (non-hydrogen) atoms. The molecule has 0 saturated heterocycles. The Morgan fingerprint density at radius 2 is 0.667 bits per heavy atom. The highest BCUT2D eigenvalue weighted by atomic mass is 32.3. The molecule has 0 bridgehead atoms. The molecule has 0 atom stereocenters. The number of nitrogens with zero attached hydrogens (tertiary/aromatic N) is 4. The molecular weight excluding hydrogens is 785 g/mol. The van der Waals surface area contributed by atoms with Crippen LogP contribution in [0.25, 0.3) is 77.8 Å². The number of fused-ring (bicyclic) bond motifs is 6. The number of hydrogen-bond acceptors (Lipinski definition) is 2. The van der Waals surface area contributed by atoms with Crippen LogP contribution in [0.3, 0.4) is 0 Å². The molecule has 0 amide bonds. The van der Waals surface area contributed by atoms with Crippen molar-refractivity contribution >= 4 is 53.6 Å². The van der Waals surface area contributed by atoms with Gasteiger partial charge in [0, 0.05) is 52.8 Å². The molecule has 5 heteroatoms. The zero-order valence-electron chi connectivity index (χ0n) is 34.3. The fraction of sp³-hybridized carbons (Fsp3) is 0. The number of aromatic nitrogens is 4. The summed E-state index contributed by atoms with van der Waals surface area (Å²) in [7, 11) is -2.05. The van der Waals surface area contributed by atoms with Crippen molar-refractivity contribution in [2.75, 3.05) is 0 Å². The Hall–Kier alpha value is -7.99. The van der Waals surface area contributed by atoms with E-state index in [4.69, 9.17) is 9.97 Å². The summed E-state index contributed by atoms with van der Waals surface area (Å²) in [6.07, 6.45) is 0. The summed E-state index contributed by atoms with van der Waals surface area (Å²) in [4.78, 5) is 16.1. The lowest BCUT2D eigenvalue weighted by Gasteiger charge is -2.42. The van der Waals surface area contributed by atoms with Crippen molar-refractivity contribution in [3.63, 3.8) is 0 Å². The highest BCUT2D eigenvalue weighted by Gasteiger charge is 2.34. The first-order valence-electron chi connectivity index (χ1n) is 21.3. The molecule has 4 nitrogen and oxygen atoms in total. The fourth-order valence-corrected chi connectivity index (χ4v) is 13.4. The van der Waals surface area contributed by atoms with Gasteiger partial charge in [-0.25, -0.2) is 4.98 Å². The first-order valence-corrected chi connectivity index (χ1v) is 22.9. The van der Waals surface area contributed by atoms with Gasteiger partial charge in [-0.3, -0.25) is 9.13 Å². The van der Waals surface area contributed by atoms with Crippen molar-refractivity contribution in [1.82, 2.24) is 19.1 Å². The van der Waals surface area contributed by atoms with Crippen LogP contribution in [0.4, 0.5) is 0 Å². The van der Waals surface area contributed by atoms with Crippen LogP contribution in [0, 0.1) is 0 Å². The van der Waals surface area contributed by atoms with Crippen LogP contribution < -0.4 is 0 Å². The molecule has 0 radical (unpaired) electrons. The van der Waals surface area contributed by atoms with Crippen LogP contribution in [0.15, 0.2) is 262 Å². The molecular formula is C58H40N4S. The third kappa shape index (κ3) is 6.00. The van der Waals surface area contributed by atoms with Gasteiger partial charge in [0.1, 0.15) is 5.82 Å². The molecule has 12 aromatic rings. The number of hydrogen-bond donors (Lipinski definition) is 0. The van der Waals surface area contributed by atoms with E-state index in [0.29, 0.717) is 5.95 Å². The molecule has 0 spiro atoms. The van der Waals surface area contributed by atoms with E-state index in [9.17, 15) is 0 Å². The van der Waals surface area contributed by atoms with Crippen molar-refractivity contribution in [2.45, 2.75) is 19.6 Å². The summed E-state index contributed by atoms with van der Waals surface area (Å²) in [5, 5.41) is 4.70. The minimum atomic E-state index is -2.05. The molecule has 9 aromatic carbocycles. The molecule has 0 fully saturated rings. The van der Waals surface area contributed by atoms with E-state index in [1.54, 1.807) is 0 Å². The number of rotatable bonds is 8. The molecule has 0 aliphatic carbocycles. The average Bonchev–Trinajstić information content (AvgIpc) is 3.89. The Bertz CT molecular complexity index is 3350. The van der Waals surface area contributed by atoms with Gasteiger partial charge in [-0.2, -0.15) is 4.98 Å². The summed E-state index contributed by atoms with van der Waals surface area (Å²) in [5.41, 5.74) is 8.56.